The van der Waals surface area contributed by atoms with Gasteiger partial charge in [0.05, 0.1) is 28.8 Å². The minimum Gasteiger partial charge on any atom is -0.376 e. The fourth-order valence-corrected chi connectivity index (χ4v) is 4.86. The van der Waals surface area contributed by atoms with Crippen molar-refractivity contribution in [3.8, 4) is 0 Å². The Morgan fingerprint density at radius 1 is 1.27 bits per heavy atom. The number of ether oxygens (including phenoxy) is 1. The topological polar surface area (TPSA) is 49.9 Å². The van der Waals surface area contributed by atoms with Crippen molar-refractivity contribution in [1.82, 2.24) is 4.90 Å². The van der Waals surface area contributed by atoms with Crippen molar-refractivity contribution in [1.29, 1.82) is 0 Å². The van der Waals surface area contributed by atoms with Gasteiger partial charge in [0.1, 0.15) is 4.32 Å². The van der Waals surface area contributed by atoms with Crippen LogP contribution >= 0.6 is 24.0 Å². The van der Waals surface area contributed by atoms with Crippen LogP contribution in [-0.2, 0) is 14.3 Å². The minimum absolute atomic E-state index is 0.0191. The molecule has 1 aromatic carbocycles. The summed E-state index contributed by atoms with van der Waals surface area (Å²) in [6.07, 6.45) is 3.63. The van der Waals surface area contributed by atoms with Crippen molar-refractivity contribution >= 4 is 51.4 Å². The smallest absolute Gasteiger partial charge is 0.267 e. The molecule has 0 bridgehead atoms. The zero-order valence-corrected chi connectivity index (χ0v) is 15.8. The fraction of sp³-hybridized carbons (Fsp3) is 0.316. The van der Waals surface area contributed by atoms with Gasteiger partial charge in [-0.1, -0.05) is 48.3 Å². The molecule has 0 spiro atoms. The molecule has 1 aromatic rings. The van der Waals surface area contributed by atoms with E-state index in [1.165, 1.54) is 11.8 Å². The molecule has 2 fully saturated rings. The van der Waals surface area contributed by atoms with Crippen molar-refractivity contribution in [2.75, 3.05) is 24.6 Å². The lowest BCUT2D eigenvalue weighted by Crippen LogP contribution is -2.35. The van der Waals surface area contributed by atoms with Crippen molar-refractivity contribution in [3.05, 3.63) is 47.4 Å². The summed E-state index contributed by atoms with van der Waals surface area (Å²) < 4.78 is 6.12. The van der Waals surface area contributed by atoms with Gasteiger partial charge in [0, 0.05) is 18.7 Å². The summed E-state index contributed by atoms with van der Waals surface area (Å²) in [5, 5.41) is 0. The molecule has 5 nitrogen and oxygen atoms in total. The molecular weight excluding hydrogens is 368 g/mol. The van der Waals surface area contributed by atoms with E-state index in [2.05, 4.69) is 6.58 Å². The number of thioether (sulfide) groups is 1. The molecule has 4 rings (SSSR count). The van der Waals surface area contributed by atoms with Crippen LogP contribution in [0.4, 0.5) is 5.69 Å². The van der Waals surface area contributed by atoms with Gasteiger partial charge in [-0.3, -0.25) is 14.5 Å². The fourth-order valence-electron chi connectivity index (χ4n) is 3.51. The second-order valence-corrected chi connectivity index (χ2v) is 7.99. The predicted octanol–water partition coefficient (Wildman–Crippen LogP) is 2.97. The van der Waals surface area contributed by atoms with E-state index in [9.17, 15) is 9.59 Å². The lowest BCUT2D eigenvalue weighted by atomic mass is 10.1. The first-order valence-electron chi connectivity index (χ1n) is 8.53. The number of hydrogen-bond acceptors (Lipinski definition) is 5. The van der Waals surface area contributed by atoms with Gasteiger partial charge >= 0.3 is 0 Å². The highest BCUT2D eigenvalue weighted by Crippen LogP contribution is 2.44. The molecule has 3 aliphatic heterocycles. The van der Waals surface area contributed by atoms with Crippen LogP contribution < -0.4 is 4.90 Å². The first-order valence-corrected chi connectivity index (χ1v) is 9.76. The molecule has 1 atom stereocenters. The van der Waals surface area contributed by atoms with E-state index in [1.54, 1.807) is 15.9 Å². The molecule has 0 saturated carbocycles. The second-order valence-electron chi connectivity index (χ2n) is 6.34. The quantitative estimate of drug-likeness (QED) is 0.452. The Morgan fingerprint density at radius 2 is 2.08 bits per heavy atom. The van der Waals surface area contributed by atoms with Gasteiger partial charge in [-0.25, -0.2) is 0 Å². The number of benzene rings is 1. The summed E-state index contributed by atoms with van der Waals surface area (Å²) in [4.78, 5) is 29.7. The molecule has 7 heteroatoms. The average molecular weight is 386 g/mol. The molecule has 0 N–H and O–H groups in total. The third-order valence-corrected chi connectivity index (χ3v) is 6.17. The van der Waals surface area contributed by atoms with E-state index < -0.39 is 0 Å². The summed E-state index contributed by atoms with van der Waals surface area (Å²) in [6.45, 7) is 5.30. The average Bonchev–Trinajstić information content (AvgIpc) is 3.31. The Hall–Kier alpha value is -1.96. The monoisotopic (exact) mass is 386 g/mol. The highest BCUT2D eigenvalue weighted by atomic mass is 32.2. The molecule has 2 amide bonds. The Labute approximate surface area is 161 Å². The summed E-state index contributed by atoms with van der Waals surface area (Å²) in [5.74, 6) is -0.377. The van der Waals surface area contributed by atoms with Crippen LogP contribution in [0.5, 0.6) is 0 Å². The third-order valence-electron chi connectivity index (χ3n) is 4.72. The second kappa shape index (κ2) is 6.98. The number of thiocarbonyl (C=S) groups is 1. The van der Waals surface area contributed by atoms with E-state index in [-0.39, 0.29) is 17.9 Å². The van der Waals surface area contributed by atoms with E-state index in [4.69, 9.17) is 17.0 Å². The largest absolute Gasteiger partial charge is 0.376 e. The SMILES string of the molecule is C=CCN1C(=O)/C(=C2\SC(=S)N(CC3CCCO3)C2=O)c2ccccc21. The first kappa shape index (κ1) is 17.5. The zero-order chi connectivity index (χ0) is 18.3. The number of hydrogen-bond donors (Lipinski definition) is 0. The summed E-state index contributed by atoms with van der Waals surface area (Å²) in [7, 11) is 0. The van der Waals surface area contributed by atoms with Crippen molar-refractivity contribution in [2.45, 2.75) is 18.9 Å². The number of para-hydroxylation sites is 1. The van der Waals surface area contributed by atoms with Gasteiger partial charge in [0.2, 0.25) is 0 Å². The van der Waals surface area contributed by atoms with Crippen LogP contribution in [0.1, 0.15) is 18.4 Å². The van der Waals surface area contributed by atoms with E-state index in [0.717, 1.165) is 30.7 Å². The maximum Gasteiger partial charge on any atom is 0.267 e. The Balaban J connectivity index is 1.72. The van der Waals surface area contributed by atoms with Gasteiger partial charge in [0.25, 0.3) is 11.8 Å². The normalized spacial score (nSPS) is 25.4. The van der Waals surface area contributed by atoms with Gasteiger partial charge < -0.3 is 9.64 Å². The third kappa shape index (κ3) is 2.80. The van der Waals surface area contributed by atoms with Crippen molar-refractivity contribution in [2.24, 2.45) is 0 Å². The zero-order valence-electron chi connectivity index (χ0n) is 14.1. The lowest BCUT2D eigenvalue weighted by molar-refractivity contribution is -0.123. The van der Waals surface area contributed by atoms with Crippen LogP contribution in [0.25, 0.3) is 5.57 Å². The Morgan fingerprint density at radius 3 is 2.81 bits per heavy atom. The molecule has 1 unspecified atom stereocenters. The molecule has 3 aliphatic rings. The standard InChI is InChI=1S/C19H18N2O3S2/c1-2-9-20-14-8-4-3-7-13(14)15(17(20)22)16-18(23)21(19(25)26-16)11-12-6-5-10-24-12/h2-4,7-8,12H,1,5-6,9-11H2/b16-15-. The first-order chi connectivity index (χ1) is 12.6. The lowest BCUT2D eigenvalue weighted by Gasteiger charge is -2.18. The number of nitrogens with zero attached hydrogens (tertiary/aromatic N) is 2. The van der Waals surface area contributed by atoms with Crippen LogP contribution in [0.15, 0.2) is 41.8 Å². The summed E-state index contributed by atoms with van der Waals surface area (Å²) >= 11 is 6.63. The number of rotatable bonds is 4. The van der Waals surface area contributed by atoms with Crippen molar-refractivity contribution < 1.29 is 14.3 Å². The number of anilines is 1. The van der Waals surface area contributed by atoms with E-state index in [0.29, 0.717) is 27.9 Å². The van der Waals surface area contributed by atoms with Gasteiger partial charge in [0.15, 0.2) is 0 Å². The molecule has 0 aromatic heterocycles. The molecule has 2 saturated heterocycles. The maximum atomic E-state index is 13.0. The van der Waals surface area contributed by atoms with E-state index >= 15 is 0 Å². The van der Waals surface area contributed by atoms with Crippen LogP contribution in [0.3, 0.4) is 0 Å². The molecule has 26 heavy (non-hydrogen) atoms. The number of carbonyl (C=O) groups excluding carboxylic acids is 2. The number of amides is 2. The Bertz CT molecular complexity index is 843. The molecule has 0 aliphatic carbocycles. The van der Waals surface area contributed by atoms with Crippen LogP contribution in [0.2, 0.25) is 0 Å². The molecule has 3 heterocycles. The highest BCUT2D eigenvalue weighted by molar-refractivity contribution is 8.26. The summed E-state index contributed by atoms with van der Waals surface area (Å²) in [5.41, 5.74) is 2.02. The van der Waals surface area contributed by atoms with E-state index in [1.807, 2.05) is 24.3 Å². The number of carbonyl (C=O) groups is 2. The Kier molecular flexibility index (Phi) is 4.69. The highest BCUT2D eigenvalue weighted by Gasteiger charge is 2.42. The van der Waals surface area contributed by atoms with Crippen LogP contribution in [0, 0.1) is 0 Å². The molecule has 0 radical (unpaired) electrons. The van der Waals surface area contributed by atoms with Crippen LogP contribution in [-0.4, -0.2) is 46.8 Å². The van der Waals surface area contributed by atoms with Gasteiger partial charge in [-0.15, -0.1) is 6.58 Å². The predicted molar refractivity (Wildman–Crippen MR) is 107 cm³/mol. The molecule has 134 valence electrons. The minimum atomic E-state index is -0.200. The van der Waals surface area contributed by atoms with Crippen molar-refractivity contribution in [3.63, 3.8) is 0 Å². The summed E-state index contributed by atoms with van der Waals surface area (Å²) in [6, 6.07) is 7.51. The maximum absolute atomic E-state index is 13.0. The molecular formula is C19H18N2O3S2. The van der Waals surface area contributed by atoms with Gasteiger partial charge in [-0.2, -0.15) is 0 Å². The number of fused-ring (bicyclic) bond motifs is 1. The van der Waals surface area contributed by atoms with Gasteiger partial charge in [-0.05, 0) is 18.9 Å².